The summed E-state index contributed by atoms with van der Waals surface area (Å²) in [4.78, 5) is 0. The van der Waals surface area contributed by atoms with E-state index in [0.29, 0.717) is 0 Å². The quantitative estimate of drug-likeness (QED) is 0.168. The Hall–Kier alpha value is -6.27. The van der Waals surface area contributed by atoms with Gasteiger partial charge in [-0.3, -0.25) is 0 Å². The molecule has 0 amide bonds. The molecule has 9 aromatic carbocycles. The fourth-order valence-electron chi connectivity index (χ4n) is 9.42. The molecule has 1 atom stereocenters. The van der Waals surface area contributed by atoms with Crippen LogP contribution in [0, 0.1) is 0 Å². The van der Waals surface area contributed by atoms with Gasteiger partial charge < -0.3 is 4.57 Å². The Bertz CT molecular complexity index is 2920. The summed E-state index contributed by atoms with van der Waals surface area (Å²) < 4.78 is 15.2. The van der Waals surface area contributed by atoms with E-state index in [0.717, 1.165) is 21.5 Å². The highest BCUT2D eigenvalue weighted by Gasteiger charge is 2.52. The minimum Gasteiger partial charge on any atom is -0.309 e. The Labute approximate surface area is 309 Å². The largest absolute Gasteiger partial charge is 0.309 e. The molecule has 2 aliphatic rings. The third-order valence-electron chi connectivity index (χ3n) is 11.7. The molecule has 2 aliphatic carbocycles. The van der Waals surface area contributed by atoms with Crippen LogP contribution in [0.3, 0.4) is 0 Å². The third kappa shape index (κ3) is 4.17. The molecule has 53 heavy (non-hydrogen) atoms. The molecule has 1 unspecified atom stereocenters. The summed E-state index contributed by atoms with van der Waals surface area (Å²) in [5.41, 5.74) is 12.3. The lowest BCUT2D eigenvalue weighted by Gasteiger charge is -2.31. The minimum absolute atomic E-state index is 0.475. The number of hydrogen-bond acceptors (Lipinski definition) is 1. The van der Waals surface area contributed by atoms with Gasteiger partial charge in [-0.25, -0.2) is 0 Å². The second kappa shape index (κ2) is 11.4. The average molecular weight is 693 g/mol. The molecule has 0 aliphatic heterocycles. The smallest absolute Gasteiger partial charge is 0.171 e. The molecule has 0 radical (unpaired) electrons. The van der Waals surface area contributed by atoms with Gasteiger partial charge in [0, 0.05) is 15.9 Å². The number of fused-ring (bicyclic) bond motifs is 12. The molecule has 0 N–H and O–H groups in total. The van der Waals surface area contributed by atoms with Crippen molar-refractivity contribution in [1.82, 2.24) is 0 Å². The van der Waals surface area contributed by atoms with E-state index in [2.05, 4.69) is 140 Å². The molecule has 0 aromatic heterocycles. The molecule has 0 heterocycles. The molecular formula is C51H33OP. The first-order chi connectivity index (χ1) is 26.2. The van der Waals surface area contributed by atoms with Gasteiger partial charge in [-0.05, 0) is 101 Å². The van der Waals surface area contributed by atoms with Crippen molar-refractivity contribution < 1.29 is 4.57 Å². The lowest BCUT2D eigenvalue weighted by atomic mass is 9.70. The Kier molecular flexibility index (Phi) is 6.51. The predicted molar refractivity (Wildman–Crippen MR) is 223 cm³/mol. The highest BCUT2D eigenvalue weighted by atomic mass is 31.2. The zero-order valence-electron chi connectivity index (χ0n) is 28.9. The first-order valence-corrected chi connectivity index (χ1v) is 20.0. The second-order valence-electron chi connectivity index (χ2n) is 14.3. The zero-order chi connectivity index (χ0) is 35.1. The van der Waals surface area contributed by atoms with E-state index in [1.807, 2.05) is 60.7 Å². The van der Waals surface area contributed by atoms with Crippen LogP contribution in [0.4, 0.5) is 0 Å². The van der Waals surface area contributed by atoms with Crippen LogP contribution in [-0.4, -0.2) is 0 Å². The van der Waals surface area contributed by atoms with E-state index in [4.69, 9.17) is 0 Å². The summed E-state index contributed by atoms with van der Waals surface area (Å²) in [6, 6.07) is 71.5. The van der Waals surface area contributed by atoms with Crippen LogP contribution < -0.4 is 15.9 Å². The van der Waals surface area contributed by atoms with Crippen molar-refractivity contribution in [2.24, 2.45) is 0 Å². The topological polar surface area (TPSA) is 17.1 Å². The summed E-state index contributed by atoms with van der Waals surface area (Å²) in [5, 5.41) is 7.50. The second-order valence-corrected chi connectivity index (χ2v) is 17.1. The van der Waals surface area contributed by atoms with Crippen molar-refractivity contribution in [2.75, 3.05) is 0 Å². The van der Waals surface area contributed by atoms with E-state index < -0.39 is 12.6 Å². The van der Waals surface area contributed by atoms with Gasteiger partial charge in [0.05, 0.1) is 5.41 Å². The Morgan fingerprint density at radius 3 is 1.40 bits per heavy atom. The highest BCUT2D eigenvalue weighted by Crippen LogP contribution is 2.65. The molecule has 9 aromatic rings. The van der Waals surface area contributed by atoms with E-state index in [9.17, 15) is 0 Å². The van der Waals surface area contributed by atoms with Crippen molar-refractivity contribution in [3.63, 3.8) is 0 Å². The fraction of sp³-hybridized carbons (Fsp3) is 0.0196. The van der Waals surface area contributed by atoms with Crippen molar-refractivity contribution >= 4 is 44.6 Å². The van der Waals surface area contributed by atoms with Gasteiger partial charge in [0.15, 0.2) is 7.14 Å². The van der Waals surface area contributed by atoms with Crippen molar-refractivity contribution in [3.8, 4) is 33.4 Å². The van der Waals surface area contributed by atoms with Gasteiger partial charge in [0.2, 0.25) is 0 Å². The first kappa shape index (κ1) is 30.4. The molecule has 0 saturated heterocycles. The molecule has 1 spiro atoms. The van der Waals surface area contributed by atoms with E-state index in [1.165, 1.54) is 71.6 Å². The van der Waals surface area contributed by atoms with Crippen LogP contribution in [0.5, 0.6) is 0 Å². The molecule has 0 fully saturated rings. The van der Waals surface area contributed by atoms with Crippen molar-refractivity contribution in [1.29, 1.82) is 0 Å². The number of benzene rings is 9. The molecule has 248 valence electrons. The SMILES string of the molecule is O=P(c1ccccc1)(c1ccccc1)c1ccc(-c2cccc3c2-c2cc4ccccc4cc2C32c3ccccc3-c3cc4ccccc4cc32)cc1. The average Bonchev–Trinajstić information content (AvgIpc) is 3.68. The molecule has 0 saturated carbocycles. The standard InChI is InChI=1S/C51H33OP/c52-53(39-18-3-1-4-19-39,40-20-5-2-6-21-40)41-28-26-34(27-29-41)42-23-13-25-47-50(42)45-31-36-15-8-10-17-38(36)33-49(45)51(47)46-24-12-11-22-43(46)44-30-35-14-7-9-16-37(35)32-48(44)51/h1-33H. The predicted octanol–water partition coefficient (Wildman–Crippen LogP) is 11.6. The van der Waals surface area contributed by atoms with Crippen LogP contribution in [0.15, 0.2) is 200 Å². The van der Waals surface area contributed by atoms with Gasteiger partial charge in [-0.2, -0.15) is 0 Å². The van der Waals surface area contributed by atoms with Crippen LogP contribution in [0.1, 0.15) is 22.3 Å². The monoisotopic (exact) mass is 692 g/mol. The van der Waals surface area contributed by atoms with Crippen LogP contribution in [0.2, 0.25) is 0 Å². The summed E-state index contributed by atoms with van der Waals surface area (Å²) in [7, 11) is -3.10. The molecular weight excluding hydrogens is 660 g/mol. The van der Waals surface area contributed by atoms with E-state index >= 15 is 4.57 Å². The van der Waals surface area contributed by atoms with Crippen molar-refractivity contribution in [2.45, 2.75) is 5.41 Å². The maximum atomic E-state index is 15.2. The first-order valence-electron chi connectivity index (χ1n) is 18.3. The Morgan fingerprint density at radius 2 is 0.774 bits per heavy atom. The normalized spacial score (nSPS) is 15.3. The molecule has 11 rings (SSSR count). The molecule has 0 bridgehead atoms. The fourth-order valence-corrected chi connectivity index (χ4v) is 12.1. The van der Waals surface area contributed by atoms with Crippen LogP contribution in [0.25, 0.3) is 54.9 Å². The van der Waals surface area contributed by atoms with E-state index in [1.54, 1.807) is 0 Å². The van der Waals surface area contributed by atoms with Gasteiger partial charge in [-0.15, -0.1) is 0 Å². The molecule has 1 nitrogen and oxygen atoms in total. The Balaban J connectivity index is 1.18. The van der Waals surface area contributed by atoms with Gasteiger partial charge in [-0.1, -0.05) is 176 Å². The van der Waals surface area contributed by atoms with Crippen LogP contribution in [-0.2, 0) is 9.98 Å². The maximum Gasteiger partial charge on any atom is 0.171 e. The summed E-state index contributed by atoms with van der Waals surface area (Å²) in [5.74, 6) is 0. The van der Waals surface area contributed by atoms with E-state index in [-0.39, 0.29) is 0 Å². The number of rotatable bonds is 4. The van der Waals surface area contributed by atoms with Gasteiger partial charge >= 0.3 is 0 Å². The van der Waals surface area contributed by atoms with Crippen molar-refractivity contribution in [3.05, 3.63) is 222 Å². The zero-order valence-corrected chi connectivity index (χ0v) is 29.8. The highest BCUT2D eigenvalue weighted by molar-refractivity contribution is 7.85. The lowest BCUT2D eigenvalue weighted by Crippen LogP contribution is -2.26. The van der Waals surface area contributed by atoms with Gasteiger partial charge in [0.1, 0.15) is 0 Å². The molecule has 2 heteroatoms. The minimum atomic E-state index is -3.10. The Morgan fingerprint density at radius 1 is 0.321 bits per heavy atom. The number of hydrogen-bond donors (Lipinski definition) is 0. The third-order valence-corrected chi connectivity index (χ3v) is 14.8. The van der Waals surface area contributed by atoms with Crippen LogP contribution >= 0.6 is 7.14 Å². The lowest BCUT2D eigenvalue weighted by molar-refractivity contribution is 0.592. The summed E-state index contributed by atoms with van der Waals surface area (Å²) in [6.07, 6.45) is 0. The maximum absolute atomic E-state index is 15.2. The van der Waals surface area contributed by atoms with Gasteiger partial charge in [0.25, 0.3) is 0 Å². The summed E-state index contributed by atoms with van der Waals surface area (Å²) >= 11 is 0. The summed E-state index contributed by atoms with van der Waals surface area (Å²) in [6.45, 7) is 0.